The lowest BCUT2D eigenvalue weighted by molar-refractivity contribution is 0.336. The topological polar surface area (TPSA) is 80.1 Å². The van der Waals surface area contributed by atoms with Crippen LogP contribution in [0.4, 0.5) is 0 Å². The van der Waals surface area contributed by atoms with Gasteiger partial charge in [0.25, 0.3) is 10.0 Å². The first-order chi connectivity index (χ1) is 9.61. The van der Waals surface area contributed by atoms with Crippen LogP contribution in [0, 0.1) is 0 Å². The summed E-state index contributed by atoms with van der Waals surface area (Å²) in [6.45, 7) is 1.99. The number of hydrogen-bond acceptors (Lipinski definition) is 6. The third-order valence-corrected chi connectivity index (χ3v) is 6.52. The van der Waals surface area contributed by atoms with Gasteiger partial charge in [-0.05, 0) is 24.1 Å². The van der Waals surface area contributed by atoms with Gasteiger partial charge in [-0.1, -0.05) is 0 Å². The molecule has 7 nitrogen and oxygen atoms in total. The van der Waals surface area contributed by atoms with Crippen LogP contribution in [0.5, 0.6) is 0 Å². The molecule has 0 atom stereocenters. The van der Waals surface area contributed by atoms with E-state index in [4.69, 9.17) is 0 Å². The number of hydrogen-bond donors (Lipinski definition) is 1. The zero-order chi connectivity index (χ0) is 14.2. The summed E-state index contributed by atoms with van der Waals surface area (Å²) in [4.78, 5) is 0. The molecule has 2 aromatic heterocycles. The fourth-order valence-electron chi connectivity index (χ4n) is 2.16. The molecule has 0 aromatic carbocycles. The maximum Gasteiger partial charge on any atom is 0.253 e. The third-order valence-electron chi connectivity index (χ3n) is 3.21. The van der Waals surface area contributed by atoms with Crippen LogP contribution in [0.2, 0.25) is 0 Å². The van der Waals surface area contributed by atoms with E-state index >= 15 is 0 Å². The van der Waals surface area contributed by atoms with E-state index in [1.165, 1.54) is 15.6 Å². The molecular formula is C11H15N5O2S2. The second kappa shape index (κ2) is 5.24. The average molecular weight is 313 g/mol. The van der Waals surface area contributed by atoms with Crippen molar-refractivity contribution in [2.24, 2.45) is 0 Å². The lowest BCUT2D eigenvalue weighted by Crippen LogP contribution is -2.37. The summed E-state index contributed by atoms with van der Waals surface area (Å²) in [5, 5.41) is 12.6. The Bertz CT molecular complexity index is 706. The second-order valence-corrected chi connectivity index (χ2v) is 7.66. The highest BCUT2D eigenvalue weighted by Crippen LogP contribution is 2.26. The monoisotopic (exact) mass is 313 g/mol. The molecule has 20 heavy (non-hydrogen) atoms. The predicted molar refractivity (Wildman–Crippen MR) is 74.7 cm³/mol. The quantitative estimate of drug-likeness (QED) is 0.876. The van der Waals surface area contributed by atoms with Crippen molar-refractivity contribution < 1.29 is 8.42 Å². The van der Waals surface area contributed by atoms with Gasteiger partial charge in [0, 0.05) is 19.6 Å². The maximum absolute atomic E-state index is 12.6. The van der Waals surface area contributed by atoms with E-state index in [9.17, 15) is 8.42 Å². The lowest BCUT2D eigenvalue weighted by atomic mass is 10.3. The normalized spacial score (nSPS) is 16.2. The molecule has 0 unspecified atom stereocenters. The Morgan fingerprint density at radius 2 is 2.30 bits per heavy atom. The zero-order valence-corrected chi connectivity index (χ0v) is 12.6. The molecule has 9 heteroatoms. The Kier molecular flexibility index (Phi) is 3.59. The summed E-state index contributed by atoms with van der Waals surface area (Å²) in [6, 6.07) is 1.73. The fraction of sp³-hybridized carbons (Fsp3) is 0.455. The molecule has 3 heterocycles. The molecule has 108 valence electrons. The van der Waals surface area contributed by atoms with Gasteiger partial charge in [-0.2, -0.15) is 4.31 Å². The van der Waals surface area contributed by atoms with Gasteiger partial charge in [0.15, 0.2) is 0 Å². The molecule has 0 amide bonds. The Labute approximate surface area is 121 Å². The summed E-state index contributed by atoms with van der Waals surface area (Å²) in [6.07, 6.45) is 1.63. The van der Waals surface area contributed by atoms with Crippen molar-refractivity contribution in [2.75, 3.05) is 13.6 Å². The van der Waals surface area contributed by atoms with Crippen molar-refractivity contribution in [2.45, 2.75) is 23.8 Å². The number of fused-ring (bicyclic) bond motifs is 1. The molecule has 1 aliphatic rings. The van der Waals surface area contributed by atoms with Crippen LogP contribution in [-0.2, 0) is 29.7 Å². The van der Waals surface area contributed by atoms with E-state index in [1.807, 2.05) is 17.0 Å². The summed E-state index contributed by atoms with van der Waals surface area (Å²) in [5.41, 5.74) is 0.983. The molecule has 2 aromatic rings. The van der Waals surface area contributed by atoms with Crippen LogP contribution in [0.1, 0.15) is 11.4 Å². The van der Waals surface area contributed by atoms with Crippen LogP contribution >= 0.6 is 11.3 Å². The van der Waals surface area contributed by atoms with Crippen molar-refractivity contribution >= 4 is 21.4 Å². The first-order valence-electron chi connectivity index (χ1n) is 6.20. The van der Waals surface area contributed by atoms with Crippen LogP contribution in [0.15, 0.2) is 22.0 Å². The van der Waals surface area contributed by atoms with E-state index in [-0.39, 0.29) is 6.54 Å². The van der Waals surface area contributed by atoms with Crippen LogP contribution in [0.3, 0.4) is 0 Å². The molecule has 0 saturated heterocycles. The third kappa shape index (κ3) is 2.37. The van der Waals surface area contributed by atoms with E-state index in [1.54, 1.807) is 12.4 Å². The Morgan fingerprint density at radius 1 is 1.45 bits per heavy atom. The van der Waals surface area contributed by atoms with Crippen LogP contribution in [0.25, 0.3) is 0 Å². The zero-order valence-electron chi connectivity index (χ0n) is 11.0. The molecule has 0 saturated carbocycles. The van der Waals surface area contributed by atoms with Gasteiger partial charge in [0.05, 0.1) is 6.54 Å². The fourth-order valence-corrected chi connectivity index (χ4v) is 4.91. The average Bonchev–Trinajstić information content (AvgIpc) is 3.06. The largest absolute Gasteiger partial charge is 0.316 e. The minimum Gasteiger partial charge on any atom is -0.316 e. The molecule has 0 bridgehead atoms. The maximum atomic E-state index is 12.6. The van der Waals surface area contributed by atoms with Gasteiger partial charge < -0.3 is 9.88 Å². The molecule has 3 rings (SSSR count). The molecule has 1 aliphatic heterocycles. The van der Waals surface area contributed by atoms with Gasteiger partial charge in [-0.15, -0.1) is 21.5 Å². The number of sulfonamides is 1. The number of nitrogens with zero attached hydrogens (tertiary/aromatic N) is 4. The highest BCUT2D eigenvalue weighted by Gasteiger charge is 2.30. The molecule has 0 spiro atoms. The molecular weight excluding hydrogens is 298 g/mol. The van der Waals surface area contributed by atoms with Crippen molar-refractivity contribution in [3.63, 3.8) is 0 Å². The predicted octanol–water partition coefficient (Wildman–Crippen LogP) is 0.263. The summed E-state index contributed by atoms with van der Waals surface area (Å²) < 4.78 is 28.9. The summed E-state index contributed by atoms with van der Waals surface area (Å²) in [5.74, 6) is 0.687. The second-order valence-electron chi connectivity index (χ2n) is 4.58. The van der Waals surface area contributed by atoms with Gasteiger partial charge in [0.1, 0.15) is 16.4 Å². The minimum absolute atomic E-state index is 0.279. The summed E-state index contributed by atoms with van der Waals surface area (Å²) >= 11 is 1.26. The van der Waals surface area contributed by atoms with Crippen LogP contribution in [-0.4, -0.2) is 41.1 Å². The van der Waals surface area contributed by atoms with Crippen molar-refractivity contribution in [3.8, 4) is 0 Å². The molecule has 0 fully saturated rings. The van der Waals surface area contributed by atoms with Crippen molar-refractivity contribution in [1.29, 1.82) is 0 Å². The number of nitrogens with one attached hydrogen (secondary N) is 1. The minimum atomic E-state index is -3.44. The Hall–Kier alpha value is -1.29. The highest BCUT2D eigenvalue weighted by molar-refractivity contribution is 7.91. The lowest BCUT2D eigenvalue weighted by Gasteiger charge is -2.25. The molecule has 0 aliphatic carbocycles. The van der Waals surface area contributed by atoms with Gasteiger partial charge in [-0.25, -0.2) is 8.42 Å². The number of rotatable bonds is 4. The first-order valence-corrected chi connectivity index (χ1v) is 8.52. The Balaban J connectivity index is 1.85. The van der Waals surface area contributed by atoms with Gasteiger partial charge >= 0.3 is 0 Å². The number of aromatic nitrogens is 3. The molecule has 1 N–H and O–H groups in total. The molecule has 0 radical (unpaired) electrons. The Morgan fingerprint density at radius 3 is 3.10 bits per heavy atom. The van der Waals surface area contributed by atoms with E-state index in [0.717, 1.165) is 5.56 Å². The number of thiophene rings is 1. The standard InChI is InChI=1S/C11H15N5O2S2/c1-12-5-9-4-11(19-7-9)20(17,18)16-3-2-15-8-13-14-10(15)6-16/h4,7-8,12H,2-3,5-6H2,1H3. The van der Waals surface area contributed by atoms with Gasteiger partial charge in [-0.3, -0.25) is 0 Å². The first kappa shape index (κ1) is 13.7. The smallest absolute Gasteiger partial charge is 0.253 e. The highest BCUT2D eigenvalue weighted by atomic mass is 32.2. The van der Waals surface area contributed by atoms with Crippen molar-refractivity contribution in [3.05, 3.63) is 29.2 Å². The van der Waals surface area contributed by atoms with Crippen molar-refractivity contribution in [1.82, 2.24) is 24.4 Å². The van der Waals surface area contributed by atoms with E-state index < -0.39 is 10.0 Å². The van der Waals surface area contributed by atoms with Crippen LogP contribution < -0.4 is 5.32 Å². The summed E-state index contributed by atoms with van der Waals surface area (Å²) in [7, 11) is -1.60. The van der Waals surface area contributed by atoms with Gasteiger partial charge in [0.2, 0.25) is 0 Å². The van der Waals surface area contributed by atoms with E-state index in [2.05, 4.69) is 15.5 Å². The SMILES string of the molecule is CNCc1csc(S(=O)(=O)N2CCn3cnnc3C2)c1. The van der Waals surface area contributed by atoms with E-state index in [0.29, 0.717) is 29.7 Å².